The number of fused-ring (bicyclic) bond motifs is 3. The highest BCUT2D eigenvalue weighted by Crippen LogP contribution is 2.43. The van der Waals surface area contributed by atoms with Gasteiger partial charge < -0.3 is 14.8 Å². The van der Waals surface area contributed by atoms with Crippen molar-refractivity contribution < 1.29 is 18.5 Å². The molecule has 0 fully saturated rings. The monoisotopic (exact) mass is 445 g/mol. The summed E-state index contributed by atoms with van der Waals surface area (Å²) >= 11 is 0. The van der Waals surface area contributed by atoms with Crippen LogP contribution in [0, 0.1) is 4.78 Å². The zero-order chi connectivity index (χ0) is 21.8. The highest BCUT2D eigenvalue weighted by Gasteiger charge is 2.31. The van der Waals surface area contributed by atoms with Gasteiger partial charge in [0.05, 0.1) is 12.7 Å². The molecule has 1 aromatic heterocycles. The lowest BCUT2D eigenvalue weighted by atomic mass is 9.95. The lowest BCUT2D eigenvalue weighted by molar-refractivity contribution is 0.0165. The molecule has 0 spiro atoms. The number of hydrogen-bond acceptors (Lipinski definition) is 6. The Kier molecular flexibility index (Phi) is 4.93. The number of aryl methyl sites for hydroxylation is 2. The SMILES string of the molecule is CO[C@@H]1COc2c([S@@](=N)(=O)NC(=O)Nc3c4c(cc5c3[C@@H](C)CC5)CCC4)cnn2C1. The molecule has 1 aromatic carbocycles. The third kappa shape index (κ3) is 3.47. The van der Waals surface area contributed by atoms with E-state index in [1.54, 1.807) is 7.11 Å². The molecule has 5 rings (SSSR count). The van der Waals surface area contributed by atoms with Crippen molar-refractivity contribution >= 4 is 21.6 Å². The quantitative estimate of drug-likeness (QED) is 0.669. The molecule has 0 saturated carbocycles. The summed E-state index contributed by atoms with van der Waals surface area (Å²) in [4.78, 5) is 13.0. The van der Waals surface area contributed by atoms with Gasteiger partial charge in [-0.2, -0.15) is 5.10 Å². The number of amides is 2. The Bertz CT molecular complexity index is 1160. The topological polar surface area (TPSA) is 118 Å². The highest BCUT2D eigenvalue weighted by molar-refractivity contribution is 7.91. The Balaban J connectivity index is 1.40. The number of nitrogens with one attached hydrogen (secondary N) is 3. The van der Waals surface area contributed by atoms with Gasteiger partial charge in [-0.1, -0.05) is 13.0 Å². The van der Waals surface area contributed by atoms with Gasteiger partial charge in [-0.3, -0.25) is 0 Å². The van der Waals surface area contributed by atoms with Gasteiger partial charge in [0.2, 0.25) is 5.88 Å². The van der Waals surface area contributed by atoms with E-state index < -0.39 is 15.9 Å². The molecule has 166 valence electrons. The Morgan fingerprint density at radius 2 is 2.19 bits per heavy atom. The maximum absolute atomic E-state index is 13.1. The summed E-state index contributed by atoms with van der Waals surface area (Å²) < 4.78 is 36.3. The van der Waals surface area contributed by atoms with Gasteiger partial charge in [0.25, 0.3) is 0 Å². The number of anilines is 1. The lowest BCUT2D eigenvalue weighted by Gasteiger charge is -2.23. The first-order valence-corrected chi connectivity index (χ1v) is 12.2. The Morgan fingerprint density at radius 3 is 3.00 bits per heavy atom. The van der Waals surface area contributed by atoms with Crippen LogP contribution in [0.4, 0.5) is 10.5 Å². The smallest absolute Gasteiger partial charge is 0.331 e. The molecule has 2 aromatic rings. The van der Waals surface area contributed by atoms with Crippen LogP contribution in [0.15, 0.2) is 17.2 Å². The van der Waals surface area contributed by atoms with Crippen LogP contribution < -0.4 is 14.8 Å². The number of carbonyl (C=O) groups excluding carboxylic acids is 1. The fraction of sp³-hybridized carbons (Fsp3) is 0.524. The average Bonchev–Trinajstić information content (AvgIpc) is 3.45. The lowest BCUT2D eigenvalue weighted by Crippen LogP contribution is -2.35. The summed E-state index contributed by atoms with van der Waals surface area (Å²) in [6, 6.07) is 1.65. The second-order valence-electron chi connectivity index (χ2n) is 8.53. The van der Waals surface area contributed by atoms with Gasteiger partial charge in [-0.15, -0.1) is 0 Å². The number of methoxy groups -OCH3 is 1. The van der Waals surface area contributed by atoms with Crippen molar-refractivity contribution in [3.63, 3.8) is 0 Å². The minimum absolute atomic E-state index is 0.0640. The van der Waals surface area contributed by atoms with Gasteiger partial charge in [-0.05, 0) is 60.3 Å². The maximum atomic E-state index is 13.1. The molecule has 3 atom stereocenters. The van der Waals surface area contributed by atoms with Crippen LogP contribution in [0.5, 0.6) is 5.88 Å². The molecule has 0 bridgehead atoms. The minimum Gasteiger partial charge on any atom is -0.474 e. The first kappa shape index (κ1) is 20.3. The van der Waals surface area contributed by atoms with E-state index >= 15 is 0 Å². The van der Waals surface area contributed by atoms with Crippen molar-refractivity contribution in [2.75, 3.05) is 19.0 Å². The molecular formula is C21H27N5O4S. The van der Waals surface area contributed by atoms with Crippen LogP contribution in [-0.2, 0) is 40.5 Å². The Morgan fingerprint density at radius 1 is 1.35 bits per heavy atom. The second kappa shape index (κ2) is 7.52. The molecule has 1 aliphatic heterocycles. The van der Waals surface area contributed by atoms with Crippen molar-refractivity contribution in [1.29, 1.82) is 4.78 Å². The van der Waals surface area contributed by atoms with Crippen LogP contribution in [0.1, 0.15) is 47.9 Å². The highest BCUT2D eigenvalue weighted by atomic mass is 32.2. The molecule has 2 amide bonds. The molecule has 3 aliphatic rings. The van der Waals surface area contributed by atoms with Crippen molar-refractivity contribution in [2.45, 2.75) is 62.5 Å². The van der Waals surface area contributed by atoms with Gasteiger partial charge >= 0.3 is 6.03 Å². The van der Waals surface area contributed by atoms with E-state index in [9.17, 15) is 9.00 Å². The second-order valence-corrected chi connectivity index (χ2v) is 10.3. The third-order valence-electron chi connectivity index (χ3n) is 6.53. The van der Waals surface area contributed by atoms with E-state index in [4.69, 9.17) is 14.3 Å². The van der Waals surface area contributed by atoms with E-state index in [0.29, 0.717) is 12.5 Å². The van der Waals surface area contributed by atoms with Crippen LogP contribution >= 0.6 is 0 Å². The van der Waals surface area contributed by atoms with Gasteiger partial charge in [0.15, 0.2) is 9.92 Å². The number of benzene rings is 1. The molecule has 3 N–H and O–H groups in total. The molecule has 9 nitrogen and oxygen atoms in total. The van der Waals surface area contributed by atoms with Gasteiger partial charge in [0, 0.05) is 12.8 Å². The molecular weight excluding hydrogens is 418 g/mol. The van der Waals surface area contributed by atoms with Gasteiger partial charge in [-0.25, -0.2) is 23.2 Å². The molecule has 10 heteroatoms. The summed E-state index contributed by atoms with van der Waals surface area (Å²) in [5.41, 5.74) is 5.79. The molecule has 0 unspecified atom stereocenters. The summed E-state index contributed by atoms with van der Waals surface area (Å²) in [5, 5.41) is 7.11. The van der Waals surface area contributed by atoms with E-state index in [-0.39, 0.29) is 23.5 Å². The van der Waals surface area contributed by atoms with Crippen LogP contribution in [0.25, 0.3) is 0 Å². The zero-order valence-corrected chi connectivity index (χ0v) is 18.5. The Labute approximate surface area is 181 Å². The standard InChI is InChI=1S/C21H27N5O4S/c1-12-6-7-14-8-13-4-3-5-16(13)19(18(12)14)24-21(27)25-31(22,28)17-9-23-26-10-15(29-2)11-30-20(17)26/h8-9,12,15H,3-7,10-11H2,1-2H3,(H3,22,24,25,27,28)/t12-,15-,31-/m0/s1. The summed E-state index contributed by atoms with van der Waals surface area (Å²) in [6.07, 6.45) is 6.24. The normalized spacial score (nSPS) is 23.3. The Hall–Kier alpha value is -2.59. The predicted molar refractivity (Wildman–Crippen MR) is 115 cm³/mol. The van der Waals surface area contributed by atoms with Crippen LogP contribution in [0.2, 0.25) is 0 Å². The summed E-state index contributed by atoms with van der Waals surface area (Å²) in [6.45, 7) is 2.89. The van der Waals surface area contributed by atoms with Crippen LogP contribution in [0.3, 0.4) is 0 Å². The molecule has 0 radical (unpaired) electrons. The average molecular weight is 446 g/mol. The number of ether oxygens (including phenoxy) is 2. The van der Waals surface area contributed by atoms with E-state index in [2.05, 4.69) is 28.1 Å². The van der Waals surface area contributed by atoms with Crippen molar-refractivity contribution in [3.05, 3.63) is 34.5 Å². The van der Waals surface area contributed by atoms with Crippen molar-refractivity contribution in [1.82, 2.24) is 14.5 Å². The number of rotatable bonds is 4. The molecule has 2 aliphatic carbocycles. The number of carbonyl (C=O) groups is 1. The van der Waals surface area contributed by atoms with Crippen LogP contribution in [-0.4, -0.2) is 39.8 Å². The predicted octanol–water partition coefficient (Wildman–Crippen LogP) is 2.97. The third-order valence-corrected chi connectivity index (χ3v) is 7.90. The maximum Gasteiger partial charge on any atom is 0.331 e. The van der Waals surface area contributed by atoms with Crippen molar-refractivity contribution in [2.24, 2.45) is 0 Å². The largest absolute Gasteiger partial charge is 0.474 e. The van der Waals surface area contributed by atoms with Gasteiger partial charge in [0.1, 0.15) is 17.6 Å². The summed E-state index contributed by atoms with van der Waals surface area (Å²) in [7, 11) is -2.07. The zero-order valence-electron chi connectivity index (χ0n) is 17.7. The minimum atomic E-state index is -3.65. The number of urea groups is 1. The van der Waals surface area contributed by atoms with E-state index in [1.165, 1.54) is 33.1 Å². The molecule has 31 heavy (non-hydrogen) atoms. The number of nitrogens with zero attached hydrogens (tertiary/aromatic N) is 2. The molecule has 2 heterocycles. The van der Waals surface area contributed by atoms with E-state index in [1.807, 2.05) is 0 Å². The summed E-state index contributed by atoms with van der Waals surface area (Å²) in [5.74, 6) is 0.602. The number of hydrogen-bond donors (Lipinski definition) is 3. The van der Waals surface area contributed by atoms with E-state index in [0.717, 1.165) is 37.8 Å². The fourth-order valence-electron chi connectivity index (χ4n) is 4.97. The van der Waals surface area contributed by atoms with Crippen molar-refractivity contribution in [3.8, 4) is 5.88 Å². The fourth-order valence-corrected chi connectivity index (χ4v) is 5.99. The molecule has 0 saturated heterocycles. The number of aromatic nitrogens is 2. The first-order valence-electron chi connectivity index (χ1n) is 10.6. The first-order chi connectivity index (χ1) is 14.9.